The summed E-state index contributed by atoms with van der Waals surface area (Å²) in [5, 5.41) is 18.3. The summed E-state index contributed by atoms with van der Waals surface area (Å²) in [6, 6.07) is 12.2. The quantitative estimate of drug-likeness (QED) is 0.267. The van der Waals surface area contributed by atoms with Crippen molar-refractivity contribution in [1.82, 2.24) is 25.3 Å². The Hall–Kier alpha value is -1.93. The summed E-state index contributed by atoms with van der Waals surface area (Å²) in [6.45, 7) is 10.2. The van der Waals surface area contributed by atoms with E-state index < -0.39 is 0 Å². The first-order valence-electron chi connectivity index (χ1n) is 19.0. The second-order valence-electron chi connectivity index (χ2n) is 15.9. The fourth-order valence-corrected chi connectivity index (χ4v) is 12.6. The minimum atomic E-state index is -0.256. The lowest BCUT2D eigenvalue weighted by Crippen LogP contribution is -2.81. The summed E-state index contributed by atoms with van der Waals surface area (Å²) in [5.41, 5.74) is 1.26. The molecule has 262 valence electrons. The Balaban J connectivity index is 1.25. The molecule has 1 amide bonds. The summed E-state index contributed by atoms with van der Waals surface area (Å²) in [4.78, 5) is 21.5. The average molecular weight is 675 g/mol. The number of piperazine rings is 1. The molecule has 5 fully saturated rings. The van der Waals surface area contributed by atoms with Crippen molar-refractivity contribution >= 4 is 17.7 Å². The molecule has 2 aliphatic carbocycles. The number of carbonyl (C=O) groups is 1. The van der Waals surface area contributed by atoms with Gasteiger partial charge in [-0.25, -0.2) is 0 Å². The number of rotatable bonds is 7. The van der Waals surface area contributed by atoms with E-state index in [4.69, 9.17) is 4.74 Å². The smallest absolute Gasteiger partial charge is 0.246 e. The van der Waals surface area contributed by atoms with Crippen LogP contribution in [0.1, 0.15) is 102 Å². The molecular weight excluding hydrogens is 617 g/mol. The Kier molecular flexibility index (Phi) is 10.6. The number of likely N-dealkylation sites (tertiary alicyclic amines) is 1. The maximum Gasteiger partial charge on any atom is 0.246 e. The van der Waals surface area contributed by atoms with Crippen molar-refractivity contribution in [2.24, 2.45) is 11.8 Å². The Bertz CT molecular complexity index is 1350. The number of nitrogens with one attached hydrogen (secondary N) is 2. The van der Waals surface area contributed by atoms with Gasteiger partial charge >= 0.3 is 0 Å². The minimum absolute atomic E-state index is 0.0558. The van der Waals surface area contributed by atoms with Gasteiger partial charge in [0.2, 0.25) is 5.91 Å². The van der Waals surface area contributed by atoms with E-state index in [0.717, 1.165) is 32.5 Å². The van der Waals surface area contributed by atoms with Crippen molar-refractivity contribution in [3.63, 3.8) is 0 Å². The molecule has 7 rings (SSSR count). The SMILES string of the molecule is C=CC(=O)N1CCN(C2(C3CCCCCC3)NC(OCC3CCCN3C)NC3C[C@]4(CCC32)CC(C)c2ccccc2S4)CC1CC#N. The van der Waals surface area contributed by atoms with Gasteiger partial charge < -0.3 is 14.5 Å². The predicted molar refractivity (Wildman–Crippen MR) is 192 cm³/mol. The summed E-state index contributed by atoms with van der Waals surface area (Å²) in [7, 11) is 2.23. The molecule has 7 unspecified atom stereocenters. The second-order valence-corrected chi connectivity index (χ2v) is 17.4. The van der Waals surface area contributed by atoms with Crippen LogP contribution in [0.15, 0.2) is 41.8 Å². The van der Waals surface area contributed by atoms with Gasteiger partial charge in [0, 0.05) is 47.3 Å². The molecule has 9 heteroatoms. The highest BCUT2D eigenvalue weighted by Gasteiger charge is 2.60. The standard InChI is InChI=1S/C39H58N6O2S/c1-4-36(46)45-23-22-44(26-30(45)18-20-40)39(29-12-7-5-6-8-13-29)33-17-19-38(24-28(2)32-15-9-10-16-35(32)48-38)25-34(33)41-37(42-39)47-27-31-14-11-21-43(31)3/h4,9-10,15-16,28-31,33-34,37,41-42H,1,5-8,11-14,17-19,21-27H2,2-3H3/t28?,30?,31?,33?,34?,37?,38-,39?/m0/s1. The number of thioether (sulfide) groups is 1. The van der Waals surface area contributed by atoms with Crippen molar-refractivity contribution in [2.75, 3.05) is 39.8 Å². The van der Waals surface area contributed by atoms with Crippen LogP contribution >= 0.6 is 11.8 Å². The molecule has 8 nitrogen and oxygen atoms in total. The third-order valence-corrected chi connectivity index (χ3v) is 14.7. The van der Waals surface area contributed by atoms with Crippen LogP contribution in [0.2, 0.25) is 0 Å². The largest absolute Gasteiger partial charge is 0.348 e. The van der Waals surface area contributed by atoms with E-state index in [-0.39, 0.29) is 28.7 Å². The van der Waals surface area contributed by atoms with E-state index in [1.165, 1.54) is 80.7 Å². The van der Waals surface area contributed by atoms with Gasteiger partial charge in [0.15, 0.2) is 6.35 Å². The number of carbonyl (C=O) groups excluding carboxylic acids is 1. The van der Waals surface area contributed by atoms with Crippen LogP contribution in [-0.4, -0.2) is 95.3 Å². The molecule has 1 aromatic rings. The zero-order chi connectivity index (χ0) is 33.3. The number of ether oxygens (including phenoxy) is 1. The lowest BCUT2D eigenvalue weighted by atomic mass is 9.63. The number of fused-ring (bicyclic) bond motifs is 2. The molecule has 3 saturated heterocycles. The summed E-state index contributed by atoms with van der Waals surface area (Å²) >= 11 is 2.15. The molecule has 0 aromatic heterocycles. The van der Waals surface area contributed by atoms with Crippen molar-refractivity contribution < 1.29 is 9.53 Å². The first-order valence-corrected chi connectivity index (χ1v) is 19.9. The van der Waals surface area contributed by atoms with Crippen molar-refractivity contribution in [3.05, 3.63) is 42.5 Å². The number of hydrogen-bond acceptors (Lipinski definition) is 8. The van der Waals surface area contributed by atoms with Crippen LogP contribution in [0.3, 0.4) is 0 Å². The van der Waals surface area contributed by atoms with E-state index in [0.29, 0.717) is 49.3 Å². The molecule has 2 N–H and O–H groups in total. The highest BCUT2D eigenvalue weighted by molar-refractivity contribution is 8.00. The summed E-state index contributed by atoms with van der Waals surface area (Å²) in [6.07, 6.45) is 16.3. The number of benzene rings is 1. The Labute approximate surface area is 293 Å². The topological polar surface area (TPSA) is 83.9 Å². The molecule has 4 aliphatic heterocycles. The predicted octanol–water partition coefficient (Wildman–Crippen LogP) is 6.06. The van der Waals surface area contributed by atoms with Crippen LogP contribution in [0.5, 0.6) is 0 Å². The van der Waals surface area contributed by atoms with Crippen molar-refractivity contribution in [3.8, 4) is 6.07 Å². The maximum atomic E-state index is 13.0. The van der Waals surface area contributed by atoms with Crippen LogP contribution in [0.25, 0.3) is 0 Å². The Morgan fingerprint density at radius 2 is 1.90 bits per heavy atom. The second kappa shape index (κ2) is 14.7. The number of likely N-dealkylation sites (N-methyl/N-ethyl adjacent to an activating group) is 1. The van der Waals surface area contributed by atoms with Gasteiger partial charge in [-0.3, -0.25) is 20.3 Å². The molecule has 0 bridgehead atoms. The van der Waals surface area contributed by atoms with Gasteiger partial charge in [0.1, 0.15) is 0 Å². The Morgan fingerprint density at radius 3 is 2.65 bits per heavy atom. The highest BCUT2D eigenvalue weighted by Crippen LogP contribution is 2.58. The molecule has 48 heavy (non-hydrogen) atoms. The average Bonchev–Trinajstić information content (AvgIpc) is 3.31. The first-order chi connectivity index (χ1) is 23.4. The molecule has 1 spiro atoms. The molecule has 0 radical (unpaired) electrons. The molecule has 8 atom stereocenters. The van der Waals surface area contributed by atoms with E-state index in [9.17, 15) is 10.1 Å². The van der Waals surface area contributed by atoms with Gasteiger partial charge in [-0.15, -0.1) is 11.8 Å². The molecule has 4 heterocycles. The molecule has 1 aromatic carbocycles. The van der Waals surface area contributed by atoms with E-state index in [2.05, 4.69) is 83.1 Å². The van der Waals surface area contributed by atoms with Crippen molar-refractivity contribution in [1.29, 1.82) is 5.26 Å². The Morgan fingerprint density at radius 1 is 1.08 bits per heavy atom. The van der Waals surface area contributed by atoms with Crippen LogP contribution in [0, 0.1) is 23.2 Å². The van der Waals surface area contributed by atoms with Gasteiger partial charge in [-0.2, -0.15) is 5.26 Å². The van der Waals surface area contributed by atoms with Gasteiger partial charge in [0.05, 0.1) is 30.8 Å². The minimum Gasteiger partial charge on any atom is -0.348 e. The van der Waals surface area contributed by atoms with Crippen LogP contribution < -0.4 is 10.6 Å². The lowest BCUT2D eigenvalue weighted by Gasteiger charge is -2.64. The highest BCUT2D eigenvalue weighted by atomic mass is 32.2. The molecule has 2 saturated carbocycles. The number of nitriles is 1. The van der Waals surface area contributed by atoms with E-state index in [1.807, 2.05) is 4.90 Å². The van der Waals surface area contributed by atoms with E-state index in [1.54, 1.807) is 0 Å². The summed E-state index contributed by atoms with van der Waals surface area (Å²) < 4.78 is 7.14. The van der Waals surface area contributed by atoms with Gasteiger partial charge in [-0.05, 0) is 94.5 Å². The first kappa shape index (κ1) is 34.5. The normalized spacial score (nSPS) is 38.1. The summed E-state index contributed by atoms with van der Waals surface area (Å²) in [5.74, 6) is 1.41. The molecule has 6 aliphatic rings. The maximum absolute atomic E-state index is 13.0. The van der Waals surface area contributed by atoms with Crippen LogP contribution in [-0.2, 0) is 9.53 Å². The van der Waals surface area contributed by atoms with Crippen LogP contribution in [0.4, 0.5) is 0 Å². The number of nitrogens with zero attached hydrogens (tertiary/aromatic N) is 4. The zero-order valence-corrected chi connectivity index (χ0v) is 30.2. The number of hydrogen-bond donors (Lipinski definition) is 2. The fraction of sp³-hybridized carbons (Fsp3) is 0.744. The van der Waals surface area contributed by atoms with E-state index >= 15 is 0 Å². The zero-order valence-electron chi connectivity index (χ0n) is 29.4. The van der Waals surface area contributed by atoms with Gasteiger partial charge in [-0.1, -0.05) is 57.4 Å². The third-order valence-electron chi connectivity index (χ3n) is 13.1. The third kappa shape index (κ3) is 6.63. The molecular formula is C39H58N6O2S. The fourth-order valence-electron chi connectivity index (χ4n) is 10.8. The van der Waals surface area contributed by atoms with Gasteiger partial charge in [0.25, 0.3) is 0 Å². The number of amides is 1. The van der Waals surface area contributed by atoms with Crippen molar-refractivity contribution in [2.45, 2.75) is 136 Å². The monoisotopic (exact) mass is 674 g/mol. The lowest BCUT2D eigenvalue weighted by molar-refractivity contribution is -0.181.